The summed E-state index contributed by atoms with van der Waals surface area (Å²) < 4.78 is 5.60. The van der Waals surface area contributed by atoms with Crippen LogP contribution in [0, 0.1) is 0 Å². The number of fused-ring (bicyclic) bond motifs is 3. The summed E-state index contributed by atoms with van der Waals surface area (Å²) in [6.07, 6.45) is 0. The standard InChI is InChI=1S/C20H15NO/c1-22-18-13-7-11-16-19(18)15-10-5-6-12-17(15)21-20(16)14-8-3-2-4-9-14/h2-13H,1H3. The van der Waals surface area contributed by atoms with Crippen molar-refractivity contribution in [1.82, 2.24) is 4.98 Å². The summed E-state index contributed by atoms with van der Waals surface area (Å²) in [4.78, 5) is 4.89. The second-order valence-corrected chi connectivity index (χ2v) is 5.23. The number of nitrogens with zero attached hydrogens (tertiary/aromatic N) is 1. The Labute approximate surface area is 129 Å². The monoisotopic (exact) mass is 285 g/mol. The summed E-state index contributed by atoms with van der Waals surface area (Å²) >= 11 is 0. The van der Waals surface area contributed by atoms with Crippen molar-refractivity contribution in [3.8, 4) is 17.0 Å². The maximum atomic E-state index is 5.60. The van der Waals surface area contributed by atoms with E-state index in [1.54, 1.807) is 7.11 Å². The molecule has 0 saturated heterocycles. The zero-order valence-corrected chi connectivity index (χ0v) is 12.3. The van der Waals surface area contributed by atoms with Crippen molar-refractivity contribution >= 4 is 21.7 Å². The van der Waals surface area contributed by atoms with Crippen molar-refractivity contribution in [2.45, 2.75) is 0 Å². The van der Waals surface area contributed by atoms with Crippen LogP contribution in [0.5, 0.6) is 5.75 Å². The van der Waals surface area contributed by atoms with Gasteiger partial charge in [-0.15, -0.1) is 0 Å². The van der Waals surface area contributed by atoms with Gasteiger partial charge in [0, 0.05) is 21.7 Å². The van der Waals surface area contributed by atoms with Gasteiger partial charge in [0.1, 0.15) is 5.75 Å². The topological polar surface area (TPSA) is 22.1 Å². The summed E-state index contributed by atoms with van der Waals surface area (Å²) in [5.74, 6) is 0.883. The Hall–Kier alpha value is -2.87. The number of rotatable bonds is 2. The molecule has 0 amide bonds. The van der Waals surface area contributed by atoms with Crippen LogP contribution in [0.25, 0.3) is 32.9 Å². The van der Waals surface area contributed by atoms with Gasteiger partial charge in [-0.25, -0.2) is 4.98 Å². The molecule has 0 N–H and O–H groups in total. The first-order chi connectivity index (χ1) is 10.9. The molecule has 1 aromatic heterocycles. The summed E-state index contributed by atoms with van der Waals surface area (Å²) in [6, 6.07) is 24.6. The van der Waals surface area contributed by atoms with Crippen molar-refractivity contribution < 1.29 is 4.74 Å². The van der Waals surface area contributed by atoms with E-state index in [9.17, 15) is 0 Å². The lowest BCUT2D eigenvalue weighted by Gasteiger charge is -2.12. The SMILES string of the molecule is COc1cccc2c(-c3ccccc3)nc3ccccc3c12. The molecule has 1 heterocycles. The molecule has 106 valence electrons. The fourth-order valence-electron chi connectivity index (χ4n) is 2.96. The van der Waals surface area contributed by atoms with Gasteiger partial charge in [-0.1, -0.05) is 60.7 Å². The van der Waals surface area contributed by atoms with Crippen LogP contribution >= 0.6 is 0 Å². The number of hydrogen-bond acceptors (Lipinski definition) is 2. The molecule has 0 unspecified atom stereocenters. The molecular formula is C20H15NO. The predicted molar refractivity (Wildman–Crippen MR) is 91.2 cm³/mol. The van der Waals surface area contributed by atoms with E-state index in [0.29, 0.717) is 0 Å². The second kappa shape index (κ2) is 5.15. The third-order valence-electron chi connectivity index (χ3n) is 3.95. The fraction of sp³-hybridized carbons (Fsp3) is 0.0500. The normalized spacial score (nSPS) is 11.0. The first-order valence-corrected chi connectivity index (χ1v) is 7.29. The number of aromatic nitrogens is 1. The molecule has 0 bridgehead atoms. The van der Waals surface area contributed by atoms with Gasteiger partial charge in [0.2, 0.25) is 0 Å². The Kier molecular flexibility index (Phi) is 3.01. The van der Waals surface area contributed by atoms with Crippen LogP contribution in [0.2, 0.25) is 0 Å². The van der Waals surface area contributed by atoms with Crippen LogP contribution in [0.3, 0.4) is 0 Å². The quantitative estimate of drug-likeness (QED) is 0.480. The number of benzene rings is 3. The van der Waals surface area contributed by atoms with E-state index < -0.39 is 0 Å². The Morgan fingerprint density at radius 3 is 2.27 bits per heavy atom. The molecule has 0 aliphatic heterocycles. The molecule has 0 spiro atoms. The molecule has 0 saturated carbocycles. The molecule has 0 radical (unpaired) electrons. The molecule has 4 aromatic rings. The molecule has 3 aromatic carbocycles. The Morgan fingerprint density at radius 1 is 0.727 bits per heavy atom. The lowest BCUT2D eigenvalue weighted by molar-refractivity contribution is 0.420. The van der Waals surface area contributed by atoms with E-state index >= 15 is 0 Å². The minimum atomic E-state index is 0.883. The highest BCUT2D eigenvalue weighted by Gasteiger charge is 2.12. The van der Waals surface area contributed by atoms with Crippen molar-refractivity contribution in [1.29, 1.82) is 0 Å². The second-order valence-electron chi connectivity index (χ2n) is 5.23. The number of ether oxygens (including phenoxy) is 1. The Balaban J connectivity index is 2.21. The number of pyridine rings is 1. The minimum absolute atomic E-state index is 0.883. The minimum Gasteiger partial charge on any atom is -0.496 e. The van der Waals surface area contributed by atoms with Crippen molar-refractivity contribution in [3.05, 3.63) is 72.8 Å². The van der Waals surface area contributed by atoms with Crippen molar-refractivity contribution in [3.63, 3.8) is 0 Å². The van der Waals surface area contributed by atoms with Gasteiger partial charge in [0.15, 0.2) is 0 Å². The van der Waals surface area contributed by atoms with E-state index in [0.717, 1.165) is 38.7 Å². The summed E-state index contributed by atoms with van der Waals surface area (Å²) in [5, 5.41) is 3.35. The molecule has 22 heavy (non-hydrogen) atoms. The highest BCUT2D eigenvalue weighted by molar-refractivity contribution is 6.13. The molecular weight excluding hydrogens is 270 g/mol. The van der Waals surface area contributed by atoms with Crippen LogP contribution in [0.1, 0.15) is 0 Å². The molecule has 0 atom stereocenters. The lowest BCUT2D eigenvalue weighted by Crippen LogP contribution is -1.92. The molecule has 0 fully saturated rings. The van der Waals surface area contributed by atoms with Crippen LogP contribution in [0.4, 0.5) is 0 Å². The van der Waals surface area contributed by atoms with Crippen LogP contribution < -0.4 is 4.74 Å². The van der Waals surface area contributed by atoms with Gasteiger partial charge < -0.3 is 4.74 Å². The molecule has 2 nitrogen and oxygen atoms in total. The van der Waals surface area contributed by atoms with E-state index in [1.807, 2.05) is 48.5 Å². The Bertz CT molecular complexity index is 961. The largest absolute Gasteiger partial charge is 0.496 e. The molecule has 0 aliphatic carbocycles. The van der Waals surface area contributed by atoms with Gasteiger partial charge in [-0.3, -0.25) is 0 Å². The van der Waals surface area contributed by atoms with Gasteiger partial charge >= 0.3 is 0 Å². The van der Waals surface area contributed by atoms with E-state index in [4.69, 9.17) is 9.72 Å². The van der Waals surface area contributed by atoms with E-state index in [1.165, 1.54) is 0 Å². The number of hydrogen-bond donors (Lipinski definition) is 0. The zero-order chi connectivity index (χ0) is 14.9. The smallest absolute Gasteiger partial charge is 0.127 e. The first kappa shape index (κ1) is 12.8. The maximum absolute atomic E-state index is 5.60. The van der Waals surface area contributed by atoms with Crippen LogP contribution in [-0.4, -0.2) is 12.1 Å². The summed E-state index contributed by atoms with van der Waals surface area (Å²) in [5.41, 5.74) is 3.10. The van der Waals surface area contributed by atoms with Crippen LogP contribution in [-0.2, 0) is 0 Å². The zero-order valence-electron chi connectivity index (χ0n) is 12.3. The number of para-hydroxylation sites is 1. The molecule has 2 heteroatoms. The maximum Gasteiger partial charge on any atom is 0.127 e. The Morgan fingerprint density at radius 2 is 1.45 bits per heavy atom. The first-order valence-electron chi connectivity index (χ1n) is 7.29. The molecule has 0 aliphatic rings. The van der Waals surface area contributed by atoms with Gasteiger partial charge in [0.05, 0.1) is 18.3 Å². The van der Waals surface area contributed by atoms with E-state index in [-0.39, 0.29) is 0 Å². The van der Waals surface area contributed by atoms with Crippen molar-refractivity contribution in [2.24, 2.45) is 0 Å². The average molecular weight is 285 g/mol. The van der Waals surface area contributed by atoms with E-state index in [2.05, 4.69) is 24.3 Å². The fourth-order valence-corrected chi connectivity index (χ4v) is 2.96. The van der Waals surface area contributed by atoms with Crippen LogP contribution in [0.15, 0.2) is 72.8 Å². The lowest BCUT2D eigenvalue weighted by atomic mass is 9.99. The average Bonchev–Trinajstić information content (AvgIpc) is 2.61. The van der Waals surface area contributed by atoms with Gasteiger partial charge in [0.25, 0.3) is 0 Å². The van der Waals surface area contributed by atoms with Gasteiger partial charge in [-0.05, 0) is 12.1 Å². The number of methoxy groups -OCH3 is 1. The highest BCUT2D eigenvalue weighted by Crippen LogP contribution is 2.37. The van der Waals surface area contributed by atoms with Crippen molar-refractivity contribution in [2.75, 3.05) is 7.11 Å². The predicted octanol–water partition coefficient (Wildman–Crippen LogP) is 5.06. The summed E-state index contributed by atoms with van der Waals surface area (Å²) in [6.45, 7) is 0. The molecule has 4 rings (SSSR count). The third kappa shape index (κ3) is 1.92. The summed E-state index contributed by atoms with van der Waals surface area (Å²) in [7, 11) is 1.71. The van der Waals surface area contributed by atoms with Gasteiger partial charge in [-0.2, -0.15) is 0 Å². The highest BCUT2D eigenvalue weighted by atomic mass is 16.5. The third-order valence-corrected chi connectivity index (χ3v) is 3.95.